The summed E-state index contributed by atoms with van der Waals surface area (Å²) in [6.07, 6.45) is 8.60. The fourth-order valence-electron chi connectivity index (χ4n) is 4.57. The van der Waals surface area contributed by atoms with Crippen molar-refractivity contribution in [3.8, 4) is 17.2 Å². The maximum Gasteiger partial charge on any atom is 0.124 e. The number of halogens is 1. The number of anilines is 1. The molecule has 0 amide bonds. The average Bonchev–Trinajstić information content (AvgIpc) is 3.37. The summed E-state index contributed by atoms with van der Waals surface area (Å²) < 4.78 is 17.4. The zero-order valence-electron chi connectivity index (χ0n) is 18.1. The molecule has 5 rings (SSSR count). The number of pyridine rings is 1. The van der Waals surface area contributed by atoms with Gasteiger partial charge in [-0.2, -0.15) is 15.5 Å². The Morgan fingerprint density at radius 2 is 2.06 bits per heavy atom. The van der Waals surface area contributed by atoms with Crippen LogP contribution in [0.1, 0.15) is 43.0 Å². The van der Waals surface area contributed by atoms with Crippen LogP contribution in [0.25, 0.3) is 16.6 Å². The topological polar surface area (TPSA) is 105 Å². The molecule has 1 aliphatic carbocycles. The van der Waals surface area contributed by atoms with E-state index in [0.29, 0.717) is 17.0 Å². The van der Waals surface area contributed by atoms with Crippen molar-refractivity contribution in [3.05, 3.63) is 59.9 Å². The molecule has 0 bridgehead atoms. The molecule has 1 saturated carbocycles. The highest BCUT2D eigenvalue weighted by molar-refractivity contribution is 7.99. The van der Waals surface area contributed by atoms with Crippen LogP contribution in [-0.4, -0.2) is 30.6 Å². The Kier molecular flexibility index (Phi) is 5.56. The first kappa shape index (κ1) is 21.5. The zero-order valence-corrected chi connectivity index (χ0v) is 18.9. The first-order chi connectivity index (χ1) is 15.9. The van der Waals surface area contributed by atoms with Crippen LogP contribution in [0, 0.1) is 24.1 Å². The number of nitrogens with two attached hydrogens (primary N) is 1. The Bertz CT molecular complexity index is 1390. The average molecular weight is 463 g/mol. The summed E-state index contributed by atoms with van der Waals surface area (Å²) in [4.78, 5) is 1.45. The van der Waals surface area contributed by atoms with Gasteiger partial charge >= 0.3 is 0 Å². The molecule has 3 aromatic heterocycles. The number of nitrogens with zero attached hydrogens (tertiary/aromatic N) is 5. The quantitative estimate of drug-likeness (QED) is 0.454. The number of nitriles is 1. The highest BCUT2D eigenvalue weighted by atomic mass is 32.2. The third-order valence-electron chi connectivity index (χ3n) is 6.21. The van der Waals surface area contributed by atoms with Crippen LogP contribution < -0.4 is 5.73 Å². The molecule has 9 heteroatoms. The molecule has 7 nitrogen and oxygen atoms in total. The Balaban J connectivity index is 1.58. The van der Waals surface area contributed by atoms with E-state index in [9.17, 15) is 14.8 Å². The predicted molar refractivity (Wildman–Crippen MR) is 124 cm³/mol. The van der Waals surface area contributed by atoms with E-state index in [-0.39, 0.29) is 17.7 Å². The van der Waals surface area contributed by atoms with Gasteiger partial charge in [0.15, 0.2) is 0 Å². The van der Waals surface area contributed by atoms with E-state index in [4.69, 9.17) is 5.73 Å². The molecule has 4 aromatic rings. The molecule has 2 atom stereocenters. The minimum atomic E-state index is -0.450. The highest BCUT2D eigenvalue weighted by Gasteiger charge is 2.25. The third kappa shape index (κ3) is 3.96. The highest BCUT2D eigenvalue weighted by Crippen LogP contribution is 2.39. The van der Waals surface area contributed by atoms with Crippen LogP contribution in [0.2, 0.25) is 0 Å². The Morgan fingerprint density at radius 3 is 2.85 bits per heavy atom. The van der Waals surface area contributed by atoms with E-state index in [1.807, 2.05) is 30.1 Å². The fraction of sp³-hybridized carbons (Fsp3) is 0.292. The summed E-state index contributed by atoms with van der Waals surface area (Å²) in [5.41, 5.74) is 10.6. The predicted octanol–water partition coefficient (Wildman–Crippen LogP) is 4.73. The molecule has 1 aromatic carbocycles. The Hall–Kier alpha value is -3.35. The van der Waals surface area contributed by atoms with Crippen LogP contribution in [0.15, 0.2) is 52.6 Å². The fourth-order valence-corrected chi connectivity index (χ4v) is 5.65. The van der Waals surface area contributed by atoms with E-state index in [1.165, 1.54) is 23.9 Å². The van der Waals surface area contributed by atoms with Crippen LogP contribution >= 0.6 is 11.8 Å². The standard InChI is InChI=1S/C24H23FN6OS/c1-14-20(11-29-31(14)18-3-2-4-19(32)9-18)16-8-23(24-21(27)12-28-30(24)13-16)33-22-6-5-17(25)7-15(22)10-26/h5-8,11-13,18-19,32H,2-4,9,27H2,1H3/t18-,19+/m1/s1. The minimum Gasteiger partial charge on any atom is -0.396 e. The van der Waals surface area contributed by atoms with Gasteiger partial charge in [-0.25, -0.2) is 8.91 Å². The SMILES string of the molecule is Cc1c(-c2cc(Sc3ccc(F)cc3C#N)c3c(N)cnn3c2)cnn1[C@@H]1CCC[C@H](O)C1. The Labute approximate surface area is 194 Å². The molecule has 3 heterocycles. The number of hydrogen-bond donors (Lipinski definition) is 2. The molecule has 1 fully saturated rings. The van der Waals surface area contributed by atoms with Crippen molar-refractivity contribution >= 4 is 23.0 Å². The number of hydrogen-bond acceptors (Lipinski definition) is 6. The smallest absolute Gasteiger partial charge is 0.124 e. The van der Waals surface area contributed by atoms with Gasteiger partial charge in [-0.3, -0.25) is 4.68 Å². The van der Waals surface area contributed by atoms with Crippen molar-refractivity contribution < 1.29 is 9.50 Å². The summed E-state index contributed by atoms with van der Waals surface area (Å²) in [6.45, 7) is 2.03. The number of rotatable bonds is 4. The lowest BCUT2D eigenvalue weighted by molar-refractivity contribution is 0.0995. The zero-order chi connectivity index (χ0) is 23.1. The lowest BCUT2D eigenvalue weighted by Crippen LogP contribution is -2.23. The van der Waals surface area contributed by atoms with Gasteiger partial charge in [0.05, 0.1) is 35.8 Å². The molecule has 0 aliphatic heterocycles. The summed E-state index contributed by atoms with van der Waals surface area (Å²) in [5, 5.41) is 28.6. The molecule has 0 radical (unpaired) electrons. The second-order valence-electron chi connectivity index (χ2n) is 8.40. The van der Waals surface area contributed by atoms with Gasteiger partial charge in [0.1, 0.15) is 17.4 Å². The second-order valence-corrected chi connectivity index (χ2v) is 9.49. The van der Waals surface area contributed by atoms with Crippen molar-refractivity contribution in [2.24, 2.45) is 0 Å². The number of aliphatic hydroxyl groups excluding tert-OH is 1. The third-order valence-corrected chi connectivity index (χ3v) is 7.31. The second kappa shape index (κ2) is 8.54. The van der Waals surface area contributed by atoms with Crippen LogP contribution in [-0.2, 0) is 0 Å². The summed E-state index contributed by atoms with van der Waals surface area (Å²) >= 11 is 1.36. The van der Waals surface area contributed by atoms with Crippen molar-refractivity contribution in [2.75, 3.05) is 5.73 Å². The summed E-state index contributed by atoms with van der Waals surface area (Å²) in [7, 11) is 0. The van der Waals surface area contributed by atoms with Gasteiger partial charge in [0.25, 0.3) is 0 Å². The molecule has 1 aliphatic rings. The maximum atomic E-state index is 13.6. The largest absolute Gasteiger partial charge is 0.396 e. The molecular weight excluding hydrogens is 439 g/mol. The van der Waals surface area contributed by atoms with Gasteiger partial charge in [-0.15, -0.1) is 0 Å². The number of aliphatic hydroxyl groups is 1. The van der Waals surface area contributed by atoms with Crippen molar-refractivity contribution in [1.29, 1.82) is 5.26 Å². The monoisotopic (exact) mass is 462 g/mol. The van der Waals surface area contributed by atoms with Gasteiger partial charge in [0.2, 0.25) is 0 Å². The lowest BCUT2D eigenvalue weighted by Gasteiger charge is -2.27. The van der Waals surface area contributed by atoms with Crippen molar-refractivity contribution in [1.82, 2.24) is 19.4 Å². The van der Waals surface area contributed by atoms with E-state index in [0.717, 1.165) is 46.5 Å². The van der Waals surface area contributed by atoms with E-state index >= 15 is 0 Å². The van der Waals surface area contributed by atoms with E-state index in [2.05, 4.69) is 16.3 Å². The minimum absolute atomic E-state index is 0.179. The number of nitrogen functional groups attached to an aromatic ring is 1. The van der Waals surface area contributed by atoms with Gasteiger partial charge in [-0.1, -0.05) is 11.8 Å². The van der Waals surface area contributed by atoms with E-state index < -0.39 is 5.82 Å². The first-order valence-electron chi connectivity index (χ1n) is 10.8. The van der Waals surface area contributed by atoms with Gasteiger partial charge < -0.3 is 10.8 Å². The number of aromatic nitrogens is 4. The van der Waals surface area contributed by atoms with Crippen molar-refractivity contribution in [2.45, 2.75) is 54.5 Å². The molecular formula is C24H23FN6OS. The summed E-state index contributed by atoms with van der Waals surface area (Å²) in [6, 6.07) is 8.43. The molecule has 3 N–H and O–H groups in total. The molecule has 0 saturated heterocycles. The van der Waals surface area contributed by atoms with Crippen LogP contribution in [0.4, 0.5) is 10.1 Å². The van der Waals surface area contributed by atoms with Crippen LogP contribution in [0.3, 0.4) is 0 Å². The lowest BCUT2D eigenvalue weighted by atomic mass is 9.93. The molecule has 0 spiro atoms. The number of benzene rings is 1. The van der Waals surface area contributed by atoms with E-state index in [1.54, 1.807) is 16.8 Å². The van der Waals surface area contributed by atoms with Crippen molar-refractivity contribution in [3.63, 3.8) is 0 Å². The molecule has 33 heavy (non-hydrogen) atoms. The summed E-state index contributed by atoms with van der Waals surface area (Å²) in [5.74, 6) is -0.450. The molecule has 0 unspecified atom stereocenters. The number of fused-ring (bicyclic) bond motifs is 1. The van der Waals surface area contributed by atoms with Crippen LogP contribution in [0.5, 0.6) is 0 Å². The van der Waals surface area contributed by atoms with Gasteiger partial charge in [0, 0.05) is 32.8 Å². The maximum absolute atomic E-state index is 13.6. The Morgan fingerprint density at radius 1 is 1.21 bits per heavy atom. The van der Waals surface area contributed by atoms with Gasteiger partial charge in [-0.05, 0) is 56.9 Å². The molecule has 168 valence electrons. The first-order valence-corrected chi connectivity index (χ1v) is 11.6. The normalized spacial score (nSPS) is 18.5.